The van der Waals surface area contributed by atoms with Gasteiger partial charge in [0, 0.05) is 25.7 Å². The van der Waals surface area contributed by atoms with Crippen molar-refractivity contribution in [3.63, 3.8) is 0 Å². The van der Waals surface area contributed by atoms with E-state index < -0.39 is 0 Å². The Morgan fingerprint density at radius 3 is 2.50 bits per heavy atom. The molecule has 1 aromatic rings. The number of rotatable bonds is 1. The van der Waals surface area contributed by atoms with Crippen LogP contribution in [0.25, 0.3) is 0 Å². The van der Waals surface area contributed by atoms with Crippen molar-refractivity contribution in [3.8, 4) is 0 Å². The van der Waals surface area contributed by atoms with Gasteiger partial charge in [0.1, 0.15) is 6.54 Å². The number of likely N-dealkylation sites (N-methyl/N-ethyl adjacent to an activating group) is 1. The average Bonchev–Trinajstić information content (AvgIpc) is 2.33. The summed E-state index contributed by atoms with van der Waals surface area (Å²) in [6.07, 6.45) is 0. The summed E-state index contributed by atoms with van der Waals surface area (Å²) in [7, 11) is 1.76. The Morgan fingerprint density at radius 1 is 1.19 bits per heavy atom. The number of nitrogens with zero attached hydrogens (tertiary/aromatic N) is 2. The van der Waals surface area contributed by atoms with Gasteiger partial charge < -0.3 is 9.80 Å². The maximum absolute atomic E-state index is 12.0. The molecule has 0 spiro atoms. The number of carbonyl (C=O) groups excluding carboxylic acids is 2. The second-order valence-electron chi connectivity index (χ2n) is 3.91. The fourth-order valence-electron chi connectivity index (χ4n) is 1.70. The first-order chi connectivity index (χ1) is 7.68. The fourth-order valence-corrected chi connectivity index (χ4v) is 1.70. The molecule has 0 unspecified atom stereocenters. The quantitative estimate of drug-likeness (QED) is 0.692. The monoisotopic (exact) mass is 218 g/mol. The topological polar surface area (TPSA) is 40.6 Å². The zero-order valence-electron chi connectivity index (χ0n) is 9.22. The molecule has 1 saturated heterocycles. The standard InChI is InChI=1S/C12H14N2O2/c1-13-7-8-14(9-11(13)15)12(16)10-5-3-2-4-6-10/h2-6H,7-9H2,1H3. The minimum Gasteiger partial charge on any atom is -0.342 e. The lowest BCUT2D eigenvalue weighted by atomic mass is 10.2. The lowest BCUT2D eigenvalue weighted by molar-refractivity contribution is -0.133. The molecule has 1 aliphatic rings. The lowest BCUT2D eigenvalue weighted by Crippen LogP contribution is -2.50. The maximum atomic E-state index is 12.0. The van der Waals surface area contributed by atoms with E-state index in [1.165, 1.54) is 0 Å². The van der Waals surface area contributed by atoms with E-state index in [9.17, 15) is 9.59 Å². The summed E-state index contributed by atoms with van der Waals surface area (Å²) in [5.74, 6) is -0.0717. The molecule has 2 amide bonds. The minimum atomic E-state index is -0.0675. The molecule has 84 valence electrons. The lowest BCUT2D eigenvalue weighted by Gasteiger charge is -2.32. The SMILES string of the molecule is CN1CCN(C(=O)c2ccccc2)CC1=O. The van der Waals surface area contributed by atoms with Gasteiger partial charge in [0.2, 0.25) is 5.91 Å². The van der Waals surface area contributed by atoms with Crippen molar-refractivity contribution in [2.45, 2.75) is 0 Å². The number of hydrogen-bond donors (Lipinski definition) is 0. The molecule has 1 heterocycles. The molecule has 2 rings (SSSR count). The van der Waals surface area contributed by atoms with Gasteiger partial charge in [0.15, 0.2) is 0 Å². The van der Waals surface area contributed by atoms with Crippen LogP contribution in [-0.2, 0) is 4.79 Å². The van der Waals surface area contributed by atoms with Gasteiger partial charge in [-0.3, -0.25) is 9.59 Å². The molecule has 0 aliphatic carbocycles. The Bertz CT molecular complexity index is 403. The van der Waals surface area contributed by atoms with Crippen LogP contribution < -0.4 is 0 Å². The smallest absolute Gasteiger partial charge is 0.254 e. The third kappa shape index (κ3) is 2.05. The van der Waals surface area contributed by atoms with Gasteiger partial charge in [0.05, 0.1) is 0 Å². The molecule has 0 N–H and O–H groups in total. The summed E-state index contributed by atoms with van der Waals surface area (Å²) in [4.78, 5) is 26.7. The zero-order valence-corrected chi connectivity index (χ0v) is 9.22. The number of amides is 2. The van der Waals surface area contributed by atoms with Crippen LogP contribution in [0.2, 0.25) is 0 Å². The van der Waals surface area contributed by atoms with E-state index in [2.05, 4.69) is 0 Å². The van der Waals surface area contributed by atoms with Gasteiger partial charge in [-0.2, -0.15) is 0 Å². The van der Waals surface area contributed by atoms with Crippen molar-refractivity contribution in [2.24, 2.45) is 0 Å². The van der Waals surface area contributed by atoms with E-state index in [1.807, 2.05) is 18.2 Å². The molecule has 0 aromatic heterocycles. The molecule has 0 atom stereocenters. The first kappa shape index (κ1) is 10.7. The van der Waals surface area contributed by atoms with Crippen molar-refractivity contribution in [2.75, 3.05) is 26.7 Å². The Morgan fingerprint density at radius 2 is 1.88 bits per heavy atom. The molecule has 1 aliphatic heterocycles. The number of benzene rings is 1. The predicted molar refractivity (Wildman–Crippen MR) is 60.0 cm³/mol. The van der Waals surface area contributed by atoms with Gasteiger partial charge in [-0.1, -0.05) is 18.2 Å². The third-order valence-electron chi connectivity index (χ3n) is 2.77. The molecule has 1 fully saturated rings. The van der Waals surface area contributed by atoms with Crippen molar-refractivity contribution in [1.82, 2.24) is 9.80 Å². The first-order valence-electron chi connectivity index (χ1n) is 5.27. The molecule has 4 nitrogen and oxygen atoms in total. The minimum absolute atomic E-state index is 0.00414. The van der Waals surface area contributed by atoms with Crippen LogP contribution in [0.3, 0.4) is 0 Å². The number of carbonyl (C=O) groups is 2. The van der Waals surface area contributed by atoms with E-state index in [1.54, 1.807) is 29.0 Å². The van der Waals surface area contributed by atoms with E-state index >= 15 is 0 Å². The van der Waals surface area contributed by atoms with Crippen LogP contribution in [0.15, 0.2) is 30.3 Å². The highest BCUT2D eigenvalue weighted by Crippen LogP contribution is 2.08. The molecule has 0 saturated carbocycles. The molecule has 0 bridgehead atoms. The van der Waals surface area contributed by atoms with Crippen molar-refractivity contribution < 1.29 is 9.59 Å². The van der Waals surface area contributed by atoms with Crippen LogP contribution in [0.1, 0.15) is 10.4 Å². The molecule has 1 aromatic carbocycles. The molecule has 4 heteroatoms. The summed E-state index contributed by atoms with van der Waals surface area (Å²) < 4.78 is 0. The highest BCUT2D eigenvalue weighted by molar-refractivity contribution is 5.96. The maximum Gasteiger partial charge on any atom is 0.254 e. The highest BCUT2D eigenvalue weighted by atomic mass is 16.2. The van der Waals surface area contributed by atoms with Crippen molar-refractivity contribution in [3.05, 3.63) is 35.9 Å². The summed E-state index contributed by atoms with van der Waals surface area (Å²) >= 11 is 0. The van der Waals surface area contributed by atoms with E-state index in [0.29, 0.717) is 18.7 Å². The van der Waals surface area contributed by atoms with Crippen LogP contribution in [-0.4, -0.2) is 48.3 Å². The van der Waals surface area contributed by atoms with Crippen molar-refractivity contribution >= 4 is 11.8 Å². The van der Waals surface area contributed by atoms with Crippen molar-refractivity contribution in [1.29, 1.82) is 0 Å². The summed E-state index contributed by atoms with van der Waals surface area (Å²) in [5, 5.41) is 0. The van der Waals surface area contributed by atoms with E-state index in [-0.39, 0.29) is 18.4 Å². The summed E-state index contributed by atoms with van der Waals surface area (Å²) in [6, 6.07) is 9.05. The second kappa shape index (κ2) is 4.35. The van der Waals surface area contributed by atoms with Crippen LogP contribution in [0.5, 0.6) is 0 Å². The van der Waals surface area contributed by atoms with Crippen LogP contribution >= 0.6 is 0 Å². The van der Waals surface area contributed by atoms with Gasteiger partial charge in [-0.15, -0.1) is 0 Å². The Balaban J connectivity index is 2.09. The molecular weight excluding hydrogens is 204 g/mol. The zero-order chi connectivity index (χ0) is 11.5. The van der Waals surface area contributed by atoms with Crippen LogP contribution in [0.4, 0.5) is 0 Å². The molecule has 16 heavy (non-hydrogen) atoms. The summed E-state index contributed by atoms with van der Waals surface area (Å²) in [5.41, 5.74) is 0.639. The number of piperazine rings is 1. The summed E-state index contributed by atoms with van der Waals surface area (Å²) in [6.45, 7) is 1.40. The molecular formula is C12H14N2O2. The van der Waals surface area contributed by atoms with Crippen LogP contribution in [0, 0.1) is 0 Å². The third-order valence-corrected chi connectivity index (χ3v) is 2.77. The normalized spacial score (nSPS) is 16.4. The van der Waals surface area contributed by atoms with Gasteiger partial charge in [-0.05, 0) is 12.1 Å². The van der Waals surface area contributed by atoms with Gasteiger partial charge in [0.25, 0.3) is 5.91 Å². The second-order valence-corrected chi connectivity index (χ2v) is 3.91. The van der Waals surface area contributed by atoms with Gasteiger partial charge in [-0.25, -0.2) is 0 Å². The Labute approximate surface area is 94.5 Å². The fraction of sp³-hybridized carbons (Fsp3) is 0.333. The van der Waals surface area contributed by atoms with E-state index in [4.69, 9.17) is 0 Å². The predicted octanol–water partition coefficient (Wildman–Crippen LogP) is 0.601. The Hall–Kier alpha value is -1.84. The Kier molecular flexibility index (Phi) is 2.90. The van der Waals surface area contributed by atoms with E-state index in [0.717, 1.165) is 0 Å². The van der Waals surface area contributed by atoms with Gasteiger partial charge >= 0.3 is 0 Å². The largest absolute Gasteiger partial charge is 0.342 e. The average molecular weight is 218 g/mol. The number of hydrogen-bond acceptors (Lipinski definition) is 2. The first-order valence-corrected chi connectivity index (χ1v) is 5.27. The molecule has 0 radical (unpaired) electrons. The highest BCUT2D eigenvalue weighted by Gasteiger charge is 2.25.